The van der Waals surface area contributed by atoms with Crippen molar-refractivity contribution in [2.75, 3.05) is 0 Å². The summed E-state index contributed by atoms with van der Waals surface area (Å²) in [6.07, 6.45) is 9.67. The van der Waals surface area contributed by atoms with Crippen LogP contribution in [0.25, 0.3) is 0 Å². The average molecular weight is 196 g/mol. The Balaban J connectivity index is 2.56. The minimum absolute atomic E-state index is 0.941. The lowest BCUT2D eigenvalue weighted by atomic mass is 10.0. The Morgan fingerprint density at radius 3 is 2.38 bits per heavy atom. The van der Waals surface area contributed by atoms with Gasteiger partial charge in [0.2, 0.25) is 0 Å². The smallest absolute Gasteiger partial charge is 0.0570 e. The van der Waals surface area contributed by atoms with Crippen LogP contribution >= 0.6 is 0 Å². The molecule has 1 aliphatic rings. The fraction of sp³-hybridized carbons (Fsp3) is 0.833. The van der Waals surface area contributed by atoms with Crippen LogP contribution in [0.15, 0.2) is 12.7 Å². The van der Waals surface area contributed by atoms with E-state index in [1.54, 1.807) is 0 Å². The first-order valence-corrected chi connectivity index (χ1v) is 8.83. The predicted molar refractivity (Wildman–Crippen MR) is 63.9 cm³/mol. The summed E-state index contributed by atoms with van der Waals surface area (Å²) in [4.78, 5) is 0. The molecule has 0 aromatic heterocycles. The Morgan fingerprint density at radius 1 is 1.31 bits per heavy atom. The number of allylic oxidation sites excluding steroid dienone is 1. The van der Waals surface area contributed by atoms with Crippen LogP contribution in [-0.4, -0.2) is 8.07 Å². The van der Waals surface area contributed by atoms with Gasteiger partial charge in [0.05, 0.1) is 8.07 Å². The molecule has 0 bridgehead atoms. The normalized spacial score (nSPS) is 23.8. The second kappa shape index (κ2) is 4.99. The van der Waals surface area contributed by atoms with Crippen LogP contribution in [0.4, 0.5) is 0 Å². The zero-order chi connectivity index (χ0) is 9.73. The minimum atomic E-state index is -0.941. The molecule has 0 N–H and O–H groups in total. The molecule has 0 radical (unpaired) electrons. The van der Waals surface area contributed by atoms with Gasteiger partial charge in [0.15, 0.2) is 0 Å². The van der Waals surface area contributed by atoms with E-state index < -0.39 is 8.07 Å². The molecule has 0 nitrogen and oxygen atoms in total. The van der Waals surface area contributed by atoms with Crippen molar-refractivity contribution < 1.29 is 0 Å². The fourth-order valence-corrected chi connectivity index (χ4v) is 6.39. The molecule has 0 aliphatic heterocycles. The molecule has 0 saturated heterocycles. The Hall–Kier alpha value is -0.0431. The topological polar surface area (TPSA) is 0 Å². The van der Waals surface area contributed by atoms with Gasteiger partial charge in [-0.3, -0.25) is 0 Å². The quantitative estimate of drug-likeness (QED) is 0.455. The van der Waals surface area contributed by atoms with Gasteiger partial charge in [-0.2, -0.15) is 0 Å². The van der Waals surface area contributed by atoms with Gasteiger partial charge in [0.1, 0.15) is 0 Å². The van der Waals surface area contributed by atoms with Gasteiger partial charge in [-0.1, -0.05) is 57.7 Å². The van der Waals surface area contributed by atoms with Crippen molar-refractivity contribution in [1.29, 1.82) is 0 Å². The predicted octanol–water partition coefficient (Wildman–Crippen LogP) is 4.61. The highest BCUT2D eigenvalue weighted by Crippen LogP contribution is 2.40. The second-order valence-corrected chi connectivity index (χ2v) is 10.1. The molecule has 0 aromatic rings. The molecule has 1 atom stereocenters. The maximum atomic E-state index is 3.92. The summed E-state index contributed by atoms with van der Waals surface area (Å²) in [6.45, 7) is 8.90. The fourth-order valence-electron chi connectivity index (χ4n) is 2.73. The summed E-state index contributed by atoms with van der Waals surface area (Å²) < 4.78 is 0. The highest BCUT2D eigenvalue weighted by Gasteiger charge is 2.33. The largest absolute Gasteiger partial charge is 0.103 e. The molecule has 76 valence electrons. The average Bonchev–Trinajstić information content (AvgIpc) is 2.19. The van der Waals surface area contributed by atoms with Gasteiger partial charge in [-0.25, -0.2) is 0 Å². The lowest BCUT2D eigenvalue weighted by molar-refractivity contribution is 0.490. The first-order valence-electron chi connectivity index (χ1n) is 5.84. The molecule has 1 heteroatoms. The maximum Gasteiger partial charge on any atom is 0.0570 e. The van der Waals surface area contributed by atoms with Gasteiger partial charge in [0.25, 0.3) is 0 Å². The van der Waals surface area contributed by atoms with E-state index in [0.29, 0.717) is 0 Å². The van der Waals surface area contributed by atoms with E-state index in [9.17, 15) is 0 Å². The Morgan fingerprint density at radius 2 is 1.92 bits per heavy atom. The molecule has 0 aromatic carbocycles. The molecule has 0 heterocycles. The SMILES string of the molecule is C=CC[Si](C)(CC)C1CCCCC1. The lowest BCUT2D eigenvalue weighted by Gasteiger charge is -2.37. The summed E-state index contributed by atoms with van der Waals surface area (Å²) in [5.74, 6) is 0. The third-order valence-electron chi connectivity index (χ3n) is 4.01. The van der Waals surface area contributed by atoms with Gasteiger partial charge < -0.3 is 0 Å². The van der Waals surface area contributed by atoms with Crippen molar-refractivity contribution >= 4 is 8.07 Å². The van der Waals surface area contributed by atoms with E-state index >= 15 is 0 Å². The van der Waals surface area contributed by atoms with Crippen LogP contribution in [0.3, 0.4) is 0 Å². The zero-order valence-corrected chi connectivity index (χ0v) is 10.3. The van der Waals surface area contributed by atoms with Crippen LogP contribution in [0.1, 0.15) is 39.0 Å². The van der Waals surface area contributed by atoms with Gasteiger partial charge >= 0.3 is 0 Å². The lowest BCUT2D eigenvalue weighted by Crippen LogP contribution is -2.35. The first-order chi connectivity index (χ1) is 6.23. The summed E-state index contributed by atoms with van der Waals surface area (Å²) in [7, 11) is -0.941. The first kappa shape index (κ1) is 11.0. The van der Waals surface area contributed by atoms with Crippen molar-refractivity contribution in [3.8, 4) is 0 Å². The number of hydrogen-bond donors (Lipinski definition) is 0. The van der Waals surface area contributed by atoms with Crippen LogP contribution < -0.4 is 0 Å². The summed E-state index contributed by atoms with van der Waals surface area (Å²) in [5, 5.41) is 0. The van der Waals surface area contributed by atoms with Crippen molar-refractivity contribution in [2.45, 2.75) is 63.2 Å². The summed E-state index contributed by atoms with van der Waals surface area (Å²) >= 11 is 0. The van der Waals surface area contributed by atoms with Crippen LogP contribution in [0.2, 0.25) is 24.2 Å². The Bertz CT molecular complexity index is 159. The van der Waals surface area contributed by atoms with E-state index in [-0.39, 0.29) is 0 Å². The van der Waals surface area contributed by atoms with Gasteiger partial charge in [-0.15, -0.1) is 6.58 Å². The molecule has 1 aliphatic carbocycles. The monoisotopic (exact) mass is 196 g/mol. The highest BCUT2D eigenvalue weighted by atomic mass is 28.3. The summed E-state index contributed by atoms with van der Waals surface area (Å²) in [6, 6.07) is 2.79. The van der Waals surface area contributed by atoms with Crippen LogP contribution in [0.5, 0.6) is 0 Å². The van der Waals surface area contributed by atoms with Crippen molar-refractivity contribution in [3.63, 3.8) is 0 Å². The third-order valence-corrected chi connectivity index (χ3v) is 9.39. The van der Waals surface area contributed by atoms with Crippen LogP contribution in [0, 0.1) is 0 Å². The van der Waals surface area contributed by atoms with Gasteiger partial charge in [0, 0.05) is 0 Å². The van der Waals surface area contributed by atoms with Crippen molar-refractivity contribution in [3.05, 3.63) is 12.7 Å². The molecular formula is C12H24Si. The molecular weight excluding hydrogens is 172 g/mol. The molecule has 1 unspecified atom stereocenters. The number of hydrogen-bond acceptors (Lipinski definition) is 0. The molecule has 0 spiro atoms. The summed E-state index contributed by atoms with van der Waals surface area (Å²) in [5.41, 5.74) is 1.10. The third kappa shape index (κ3) is 2.70. The molecule has 1 saturated carbocycles. The number of rotatable bonds is 4. The zero-order valence-electron chi connectivity index (χ0n) is 9.31. The standard InChI is InChI=1S/C12H24Si/c1-4-11-13(3,5-2)12-9-7-6-8-10-12/h4,12H,1,5-11H2,2-3H3. The van der Waals surface area contributed by atoms with E-state index in [2.05, 4.69) is 26.1 Å². The molecule has 1 fully saturated rings. The maximum absolute atomic E-state index is 3.92. The Labute approximate surface area is 84.4 Å². The van der Waals surface area contributed by atoms with E-state index in [0.717, 1.165) is 5.54 Å². The van der Waals surface area contributed by atoms with Crippen molar-refractivity contribution in [2.24, 2.45) is 0 Å². The molecule has 13 heavy (non-hydrogen) atoms. The van der Waals surface area contributed by atoms with E-state index in [4.69, 9.17) is 0 Å². The minimum Gasteiger partial charge on any atom is -0.103 e. The Kier molecular flexibility index (Phi) is 4.24. The highest BCUT2D eigenvalue weighted by molar-refractivity contribution is 6.80. The second-order valence-electron chi connectivity index (χ2n) is 4.84. The van der Waals surface area contributed by atoms with Crippen molar-refractivity contribution in [1.82, 2.24) is 0 Å². The molecule has 1 rings (SSSR count). The van der Waals surface area contributed by atoms with E-state index in [1.165, 1.54) is 44.2 Å². The van der Waals surface area contributed by atoms with Gasteiger partial charge in [-0.05, 0) is 11.6 Å². The van der Waals surface area contributed by atoms with E-state index in [1.807, 2.05) is 0 Å². The molecule has 0 amide bonds. The van der Waals surface area contributed by atoms with Crippen LogP contribution in [-0.2, 0) is 0 Å².